The molecule has 5 heteroatoms. The Hall–Kier alpha value is -2.56. The van der Waals surface area contributed by atoms with Gasteiger partial charge in [0.1, 0.15) is 12.4 Å². The van der Waals surface area contributed by atoms with Gasteiger partial charge in [0.05, 0.1) is 7.11 Å². The van der Waals surface area contributed by atoms with Crippen molar-refractivity contribution in [1.29, 1.82) is 0 Å². The van der Waals surface area contributed by atoms with E-state index in [-0.39, 0.29) is 5.82 Å². The molecular weight excluding hydrogens is 377 g/mol. The molecule has 28 heavy (non-hydrogen) atoms. The molecule has 3 rings (SSSR count). The minimum Gasteiger partial charge on any atom is -0.493 e. The molecule has 0 aliphatic rings. The van der Waals surface area contributed by atoms with E-state index in [0.29, 0.717) is 23.1 Å². The molecule has 0 fully saturated rings. The fraction of sp³-hybridized carbons (Fsp3) is 0.217. The van der Waals surface area contributed by atoms with Crippen molar-refractivity contribution in [2.45, 2.75) is 19.6 Å². The zero-order valence-electron chi connectivity index (χ0n) is 15.8. The standard InChI is InChI=1S/C23H23ClFNO2/c1-27-23-14-19(15-26-13-12-17-4-9-21(25)10-5-17)6-11-22(23)28-16-18-2-7-20(24)8-3-18/h2-11,14,26H,12-13,15-16H2,1H3. The van der Waals surface area contributed by atoms with Crippen LogP contribution in [0.1, 0.15) is 16.7 Å². The molecule has 1 N–H and O–H groups in total. The minimum absolute atomic E-state index is 0.206. The van der Waals surface area contributed by atoms with Crippen molar-refractivity contribution in [3.8, 4) is 11.5 Å². The van der Waals surface area contributed by atoms with Gasteiger partial charge in [-0.15, -0.1) is 0 Å². The number of methoxy groups -OCH3 is 1. The number of halogens is 2. The molecule has 0 bridgehead atoms. The van der Waals surface area contributed by atoms with Crippen LogP contribution in [0.3, 0.4) is 0 Å². The van der Waals surface area contributed by atoms with E-state index in [0.717, 1.165) is 36.2 Å². The van der Waals surface area contributed by atoms with Crippen LogP contribution in [-0.4, -0.2) is 13.7 Å². The largest absolute Gasteiger partial charge is 0.493 e. The van der Waals surface area contributed by atoms with Crippen LogP contribution in [0.2, 0.25) is 5.02 Å². The Bertz CT molecular complexity index is 882. The first kappa shape index (κ1) is 20.2. The highest BCUT2D eigenvalue weighted by Gasteiger charge is 2.06. The summed E-state index contributed by atoms with van der Waals surface area (Å²) < 4.78 is 24.3. The lowest BCUT2D eigenvalue weighted by Crippen LogP contribution is -2.16. The summed E-state index contributed by atoms with van der Waals surface area (Å²) in [5, 5.41) is 4.10. The fourth-order valence-corrected chi connectivity index (χ4v) is 2.93. The van der Waals surface area contributed by atoms with Gasteiger partial charge in [0, 0.05) is 11.6 Å². The first-order valence-corrected chi connectivity index (χ1v) is 9.51. The van der Waals surface area contributed by atoms with E-state index in [1.807, 2.05) is 54.6 Å². The van der Waals surface area contributed by atoms with Crippen LogP contribution in [0.15, 0.2) is 66.7 Å². The molecule has 0 amide bonds. The average molecular weight is 400 g/mol. The predicted molar refractivity (Wildman–Crippen MR) is 111 cm³/mol. The lowest BCUT2D eigenvalue weighted by molar-refractivity contribution is 0.284. The topological polar surface area (TPSA) is 30.5 Å². The van der Waals surface area contributed by atoms with Gasteiger partial charge in [-0.3, -0.25) is 0 Å². The van der Waals surface area contributed by atoms with Crippen molar-refractivity contribution in [2.24, 2.45) is 0 Å². The van der Waals surface area contributed by atoms with E-state index in [1.165, 1.54) is 12.1 Å². The highest BCUT2D eigenvalue weighted by Crippen LogP contribution is 2.29. The van der Waals surface area contributed by atoms with Crippen LogP contribution in [-0.2, 0) is 19.6 Å². The van der Waals surface area contributed by atoms with Crippen molar-refractivity contribution < 1.29 is 13.9 Å². The maximum absolute atomic E-state index is 12.9. The summed E-state index contributed by atoms with van der Waals surface area (Å²) in [5.74, 6) is 1.20. The summed E-state index contributed by atoms with van der Waals surface area (Å²) in [6, 6.07) is 20.1. The maximum Gasteiger partial charge on any atom is 0.161 e. The van der Waals surface area contributed by atoms with Gasteiger partial charge in [0.15, 0.2) is 11.5 Å². The molecule has 3 nitrogen and oxygen atoms in total. The van der Waals surface area contributed by atoms with E-state index < -0.39 is 0 Å². The Morgan fingerprint density at radius 1 is 0.857 bits per heavy atom. The maximum atomic E-state index is 12.9. The van der Waals surface area contributed by atoms with Crippen LogP contribution < -0.4 is 14.8 Å². The van der Waals surface area contributed by atoms with Crippen LogP contribution in [0.4, 0.5) is 4.39 Å². The third kappa shape index (κ3) is 5.98. The van der Waals surface area contributed by atoms with Gasteiger partial charge in [-0.05, 0) is 66.1 Å². The number of ether oxygens (including phenoxy) is 2. The van der Waals surface area contributed by atoms with Gasteiger partial charge in [0.25, 0.3) is 0 Å². The second-order valence-corrected chi connectivity index (χ2v) is 6.89. The zero-order valence-corrected chi connectivity index (χ0v) is 16.5. The number of nitrogens with one attached hydrogen (secondary N) is 1. The Morgan fingerprint density at radius 2 is 1.54 bits per heavy atom. The third-order valence-corrected chi connectivity index (χ3v) is 4.62. The van der Waals surface area contributed by atoms with Gasteiger partial charge < -0.3 is 14.8 Å². The second kappa shape index (κ2) is 10.1. The Balaban J connectivity index is 1.50. The Kier molecular flexibility index (Phi) is 7.29. The molecule has 0 atom stereocenters. The minimum atomic E-state index is -0.206. The SMILES string of the molecule is COc1cc(CNCCc2ccc(F)cc2)ccc1OCc1ccc(Cl)cc1. The third-order valence-electron chi connectivity index (χ3n) is 4.37. The predicted octanol–water partition coefficient (Wildman–Crippen LogP) is 5.40. The molecule has 0 radical (unpaired) electrons. The zero-order chi connectivity index (χ0) is 19.8. The first-order chi connectivity index (χ1) is 13.6. The summed E-state index contributed by atoms with van der Waals surface area (Å²) in [4.78, 5) is 0. The molecule has 0 unspecified atom stereocenters. The van der Waals surface area contributed by atoms with Crippen molar-refractivity contribution in [2.75, 3.05) is 13.7 Å². The Labute approximate surface area is 170 Å². The van der Waals surface area contributed by atoms with Gasteiger partial charge in [-0.1, -0.05) is 41.9 Å². The van der Waals surface area contributed by atoms with Crippen molar-refractivity contribution in [3.63, 3.8) is 0 Å². The molecule has 3 aromatic carbocycles. The van der Waals surface area contributed by atoms with Crippen LogP contribution in [0.25, 0.3) is 0 Å². The number of benzene rings is 3. The van der Waals surface area contributed by atoms with Gasteiger partial charge in [-0.25, -0.2) is 4.39 Å². The molecule has 146 valence electrons. The lowest BCUT2D eigenvalue weighted by Gasteiger charge is -2.13. The second-order valence-electron chi connectivity index (χ2n) is 6.45. The fourth-order valence-electron chi connectivity index (χ4n) is 2.80. The van der Waals surface area contributed by atoms with E-state index in [9.17, 15) is 4.39 Å². The quantitative estimate of drug-likeness (QED) is 0.489. The van der Waals surface area contributed by atoms with E-state index in [2.05, 4.69) is 5.32 Å². The van der Waals surface area contributed by atoms with E-state index in [1.54, 1.807) is 7.11 Å². The number of hydrogen-bond donors (Lipinski definition) is 1. The average Bonchev–Trinajstić information content (AvgIpc) is 2.72. The molecule has 0 aliphatic heterocycles. The van der Waals surface area contributed by atoms with Gasteiger partial charge in [0.2, 0.25) is 0 Å². The molecule has 0 spiro atoms. The van der Waals surface area contributed by atoms with Crippen LogP contribution in [0, 0.1) is 5.82 Å². The summed E-state index contributed by atoms with van der Waals surface area (Å²) in [6.07, 6.45) is 0.847. The molecule has 0 aliphatic carbocycles. The monoisotopic (exact) mass is 399 g/mol. The molecule has 0 saturated heterocycles. The normalized spacial score (nSPS) is 10.7. The first-order valence-electron chi connectivity index (χ1n) is 9.13. The molecule has 0 heterocycles. The van der Waals surface area contributed by atoms with Crippen LogP contribution in [0.5, 0.6) is 11.5 Å². The summed E-state index contributed by atoms with van der Waals surface area (Å²) >= 11 is 5.91. The summed E-state index contributed by atoms with van der Waals surface area (Å²) in [6.45, 7) is 1.97. The molecular formula is C23H23ClFNO2. The van der Waals surface area contributed by atoms with Crippen molar-refractivity contribution >= 4 is 11.6 Å². The van der Waals surface area contributed by atoms with Crippen molar-refractivity contribution in [3.05, 3.63) is 94.3 Å². The Morgan fingerprint density at radius 3 is 2.25 bits per heavy atom. The molecule has 0 aromatic heterocycles. The molecule has 0 saturated carbocycles. The number of rotatable bonds is 9. The van der Waals surface area contributed by atoms with E-state index in [4.69, 9.17) is 21.1 Å². The van der Waals surface area contributed by atoms with Gasteiger partial charge in [-0.2, -0.15) is 0 Å². The highest BCUT2D eigenvalue weighted by atomic mass is 35.5. The van der Waals surface area contributed by atoms with E-state index >= 15 is 0 Å². The molecule has 3 aromatic rings. The van der Waals surface area contributed by atoms with Crippen LogP contribution >= 0.6 is 11.6 Å². The number of hydrogen-bond acceptors (Lipinski definition) is 3. The summed E-state index contributed by atoms with van der Waals surface area (Å²) in [7, 11) is 1.64. The van der Waals surface area contributed by atoms with Crippen molar-refractivity contribution in [1.82, 2.24) is 5.32 Å². The highest BCUT2D eigenvalue weighted by molar-refractivity contribution is 6.30. The van der Waals surface area contributed by atoms with Gasteiger partial charge >= 0.3 is 0 Å². The smallest absolute Gasteiger partial charge is 0.161 e. The lowest BCUT2D eigenvalue weighted by atomic mass is 10.1. The summed E-state index contributed by atoms with van der Waals surface area (Å²) in [5.41, 5.74) is 3.25.